The molecule has 0 radical (unpaired) electrons. The summed E-state index contributed by atoms with van der Waals surface area (Å²) in [5, 5.41) is 3.20. The summed E-state index contributed by atoms with van der Waals surface area (Å²) in [5.74, 6) is 0.987. The maximum absolute atomic E-state index is 13.6. The zero-order valence-corrected chi connectivity index (χ0v) is 20.9. The summed E-state index contributed by atoms with van der Waals surface area (Å²) in [5.41, 5.74) is 3.79. The molecule has 6 nitrogen and oxygen atoms in total. The first-order chi connectivity index (χ1) is 15.9. The number of aromatic amines is 1. The molecule has 0 aliphatic carbocycles. The molecule has 0 saturated carbocycles. The predicted octanol–water partition coefficient (Wildman–Crippen LogP) is 5.28. The van der Waals surface area contributed by atoms with E-state index in [0.29, 0.717) is 38.9 Å². The molecule has 0 saturated heterocycles. The Morgan fingerprint density at radius 3 is 2.64 bits per heavy atom. The van der Waals surface area contributed by atoms with Gasteiger partial charge in [-0.3, -0.25) is 14.2 Å². The van der Waals surface area contributed by atoms with Gasteiger partial charge in [-0.25, -0.2) is 9.97 Å². The third kappa shape index (κ3) is 4.16. The Kier molecular flexibility index (Phi) is 5.94. The van der Waals surface area contributed by atoms with Crippen LogP contribution >= 0.6 is 34.4 Å². The topological polar surface area (TPSA) is 80.6 Å². The summed E-state index contributed by atoms with van der Waals surface area (Å²) >= 11 is 4.39. The van der Waals surface area contributed by atoms with E-state index in [2.05, 4.69) is 29.0 Å². The van der Waals surface area contributed by atoms with Crippen molar-refractivity contribution in [1.29, 1.82) is 0 Å². The Morgan fingerprint density at radius 1 is 1.09 bits per heavy atom. The lowest BCUT2D eigenvalue weighted by Gasteiger charge is -2.12. The molecule has 0 aliphatic rings. The van der Waals surface area contributed by atoms with Crippen LogP contribution in [0.3, 0.4) is 0 Å². The Morgan fingerprint density at radius 2 is 1.88 bits per heavy atom. The Labute approximate surface area is 202 Å². The van der Waals surface area contributed by atoms with Crippen molar-refractivity contribution in [3.63, 3.8) is 0 Å². The minimum absolute atomic E-state index is 0.0220. The molecule has 1 N–H and O–H groups in total. The second-order valence-electron chi connectivity index (χ2n) is 7.89. The fraction of sp³-hybridized carbons (Fsp3) is 0.250. The fourth-order valence-electron chi connectivity index (χ4n) is 3.83. The molecule has 4 heterocycles. The lowest BCUT2D eigenvalue weighted by molar-refractivity contribution is 0.658. The van der Waals surface area contributed by atoms with Gasteiger partial charge in [0.15, 0.2) is 5.16 Å². The van der Waals surface area contributed by atoms with Crippen LogP contribution in [0.25, 0.3) is 20.4 Å². The monoisotopic (exact) mass is 494 g/mol. The molecule has 0 unspecified atom stereocenters. The molecule has 0 fully saturated rings. The van der Waals surface area contributed by atoms with E-state index in [9.17, 15) is 9.59 Å². The van der Waals surface area contributed by atoms with Crippen molar-refractivity contribution in [1.82, 2.24) is 19.5 Å². The van der Waals surface area contributed by atoms with Crippen LogP contribution in [-0.4, -0.2) is 19.5 Å². The van der Waals surface area contributed by atoms with Gasteiger partial charge in [0.25, 0.3) is 11.1 Å². The first-order valence-electron chi connectivity index (χ1n) is 10.6. The van der Waals surface area contributed by atoms with Crippen molar-refractivity contribution >= 4 is 54.9 Å². The first kappa shape index (κ1) is 22.1. The molecule has 9 heteroatoms. The smallest absolute Gasteiger partial charge is 0.268 e. The summed E-state index contributed by atoms with van der Waals surface area (Å²) in [7, 11) is 0. The van der Waals surface area contributed by atoms with Gasteiger partial charge in [-0.1, -0.05) is 48.5 Å². The molecule has 5 rings (SSSR count). The van der Waals surface area contributed by atoms with Crippen molar-refractivity contribution in [2.24, 2.45) is 0 Å². The van der Waals surface area contributed by atoms with E-state index in [-0.39, 0.29) is 11.1 Å². The second-order valence-corrected chi connectivity index (χ2v) is 10.8. The van der Waals surface area contributed by atoms with Crippen molar-refractivity contribution in [2.75, 3.05) is 0 Å². The molecule has 0 bridgehead atoms. The van der Waals surface area contributed by atoms with Crippen LogP contribution in [0.4, 0.5) is 0 Å². The standard InChI is InChI=1S/C24H22N4O2S3/c1-4-17-14(3)19-22(33-17)27-24(28(23(19)30)11-15-7-5-13(2)6-8-15)32-12-18-25-16-9-10-31-20(16)21(29)26-18/h5-10H,4,11-12H2,1-3H3,(H,25,26,29). The normalized spacial score (nSPS) is 11.6. The van der Waals surface area contributed by atoms with Gasteiger partial charge in [-0.05, 0) is 42.8 Å². The number of rotatable bonds is 6. The van der Waals surface area contributed by atoms with E-state index in [1.54, 1.807) is 15.9 Å². The molecule has 0 amide bonds. The van der Waals surface area contributed by atoms with Crippen LogP contribution < -0.4 is 11.1 Å². The highest BCUT2D eigenvalue weighted by Gasteiger charge is 2.18. The highest BCUT2D eigenvalue weighted by Crippen LogP contribution is 2.30. The maximum atomic E-state index is 13.6. The van der Waals surface area contributed by atoms with Crippen molar-refractivity contribution in [3.05, 3.63) is 83.8 Å². The van der Waals surface area contributed by atoms with Crippen LogP contribution in [0, 0.1) is 13.8 Å². The molecular weight excluding hydrogens is 472 g/mol. The van der Waals surface area contributed by atoms with Gasteiger partial charge in [0.05, 0.1) is 23.2 Å². The number of aryl methyl sites for hydroxylation is 3. The summed E-state index contributed by atoms with van der Waals surface area (Å²) in [6.45, 7) is 6.59. The first-order valence-corrected chi connectivity index (χ1v) is 13.3. The van der Waals surface area contributed by atoms with E-state index in [0.717, 1.165) is 22.4 Å². The number of thiophene rings is 2. The largest absolute Gasteiger partial charge is 0.309 e. The number of hydrogen-bond donors (Lipinski definition) is 1. The SMILES string of the molecule is CCc1sc2nc(SCc3nc4ccsc4c(=O)[nH]3)n(Cc3ccc(C)cc3)c(=O)c2c1C. The van der Waals surface area contributed by atoms with E-state index in [4.69, 9.17) is 4.98 Å². The highest BCUT2D eigenvalue weighted by molar-refractivity contribution is 7.98. The molecule has 0 spiro atoms. The highest BCUT2D eigenvalue weighted by atomic mass is 32.2. The van der Waals surface area contributed by atoms with Gasteiger partial charge in [0, 0.05) is 4.88 Å². The van der Waals surface area contributed by atoms with E-state index in [1.807, 2.05) is 37.4 Å². The van der Waals surface area contributed by atoms with Crippen LogP contribution in [-0.2, 0) is 18.7 Å². The van der Waals surface area contributed by atoms with Crippen molar-refractivity contribution < 1.29 is 0 Å². The maximum Gasteiger partial charge on any atom is 0.268 e. The zero-order chi connectivity index (χ0) is 23.1. The molecule has 1 aromatic carbocycles. The van der Waals surface area contributed by atoms with Crippen LogP contribution in [0.15, 0.2) is 50.5 Å². The number of nitrogens with zero attached hydrogens (tertiary/aromatic N) is 3. The van der Waals surface area contributed by atoms with Gasteiger partial charge < -0.3 is 4.98 Å². The minimum Gasteiger partial charge on any atom is -0.309 e. The minimum atomic E-state index is -0.132. The number of aromatic nitrogens is 4. The number of H-pyrrole nitrogens is 1. The summed E-state index contributed by atoms with van der Waals surface area (Å²) in [6.07, 6.45) is 0.874. The average Bonchev–Trinajstić information content (AvgIpc) is 3.40. The van der Waals surface area contributed by atoms with Gasteiger partial charge in [0.2, 0.25) is 0 Å². The predicted molar refractivity (Wildman–Crippen MR) is 138 cm³/mol. The van der Waals surface area contributed by atoms with Crippen molar-refractivity contribution in [2.45, 2.75) is 44.6 Å². The van der Waals surface area contributed by atoms with E-state index in [1.165, 1.54) is 33.5 Å². The van der Waals surface area contributed by atoms with Crippen molar-refractivity contribution in [3.8, 4) is 0 Å². The van der Waals surface area contributed by atoms with Gasteiger partial charge >= 0.3 is 0 Å². The molecule has 4 aromatic heterocycles. The van der Waals surface area contributed by atoms with Crippen LogP contribution in [0.1, 0.15) is 34.3 Å². The Bertz CT molecular complexity index is 1590. The quantitative estimate of drug-likeness (QED) is 0.257. The Balaban J connectivity index is 1.58. The number of benzene rings is 1. The zero-order valence-electron chi connectivity index (χ0n) is 18.5. The molecule has 0 atom stereocenters. The number of nitrogens with one attached hydrogen (secondary N) is 1. The van der Waals surface area contributed by atoms with Crippen LogP contribution in [0.5, 0.6) is 0 Å². The molecule has 33 heavy (non-hydrogen) atoms. The van der Waals surface area contributed by atoms with E-state index >= 15 is 0 Å². The van der Waals surface area contributed by atoms with E-state index < -0.39 is 0 Å². The Hall–Kier alpha value is -2.75. The number of hydrogen-bond acceptors (Lipinski definition) is 7. The van der Waals surface area contributed by atoms with Crippen LogP contribution in [0.2, 0.25) is 0 Å². The van der Waals surface area contributed by atoms with Gasteiger partial charge in [-0.2, -0.15) is 0 Å². The summed E-state index contributed by atoms with van der Waals surface area (Å²) < 4.78 is 2.37. The average molecular weight is 495 g/mol. The molecular formula is C24H22N4O2S3. The molecule has 168 valence electrons. The third-order valence-corrected chi connectivity index (χ3v) is 8.82. The fourth-order valence-corrected chi connectivity index (χ4v) is 6.58. The van der Waals surface area contributed by atoms with Gasteiger partial charge in [0.1, 0.15) is 15.4 Å². The lowest BCUT2D eigenvalue weighted by atomic mass is 10.1. The van der Waals surface area contributed by atoms with Gasteiger partial charge in [-0.15, -0.1) is 22.7 Å². The molecule has 0 aliphatic heterocycles. The number of fused-ring (bicyclic) bond motifs is 2. The lowest BCUT2D eigenvalue weighted by Crippen LogP contribution is -2.24. The third-order valence-electron chi connectivity index (χ3n) is 5.60. The summed E-state index contributed by atoms with van der Waals surface area (Å²) in [4.78, 5) is 40.3. The summed E-state index contributed by atoms with van der Waals surface area (Å²) in [6, 6.07) is 10.0. The second kappa shape index (κ2) is 8.89. The molecule has 5 aromatic rings. The number of thioether (sulfide) groups is 1.